The number of aliphatic hydroxyl groups excluding tert-OH is 4. The maximum absolute atomic E-state index is 13.2. The Morgan fingerprint density at radius 1 is 0.946 bits per heavy atom. The average molecular weight is 505 g/mol. The highest BCUT2D eigenvalue weighted by molar-refractivity contribution is 5.86. The zero-order valence-electron chi connectivity index (χ0n) is 20.1. The van der Waals surface area contributed by atoms with Gasteiger partial charge in [0.2, 0.25) is 6.29 Å². The Balaban J connectivity index is 1.40. The van der Waals surface area contributed by atoms with Gasteiger partial charge in [-0.2, -0.15) is 0 Å². The van der Waals surface area contributed by atoms with Crippen molar-refractivity contribution in [3.8, 4) is 16.9 Å². The first-order valence-electron chi connectivity index (χ1n) is 12.0. The number of hydrogen-bond acceptors (Lipinski definition) is 8. The van der Waals surface area contributed by atoms with Crippen LogP contribution >= 0.6 is 0 Å². The molecule has 3 heterocycles. The number of rotatable bonds is 6. The van der Waals surface area contributed by atoms with E-state index in [1.807, 2.05) is 55.5 Å². The number of benzene rings is 2. The van der Waals surface area contributed by atoms with Gasteiger partial charge in [-0.25, -0.2) is 0 Å². The van der Waals surface area contributed by atoms with Gasteiger partial charge < -0.3 is 34.5 Å². The van der Waals surface area contributed by atoms with Crippen molar-refractivity contribution >= 4 is 10.8 Å². The minimum Gasteiger partial charge on any atom is -0.462 e. The highest BCUT2D eigenvalue weighted by Crippen LogP contribution is 2.30. The molecule has 5 unspecified atom stereocenters. The summed E-state index contributed by atoms with van der Waals surface area (Å²) >= 11 is 0. The lowest BCUT2D eigenvalue weighted by Crippen LogP contribution is -2.60. The molecule has 0 amide bonds. The van der Waals surface area contributed by atoms with Crippen LogP contribution in [0.25, 0.3) is 21.9 Å². The van der Waals surface area contributed by atoms with Gasteiger partial charge in [-0.1, -0.05) is 18.2 Å². The Hall–Kier alpha value is -3.60. The molecule has 0 spiro atoms. The molecule has 37 heavy (non-hydrogen) atoms. The smallest absolute Gasteiger partial charge is 0.258 e. The van der Waals surface area contributed by atoms with Gasteiger partial charge in [0.1, 0.15) is 30.2 Å². The van der Waals surface area contributed by atoms with Crippen molar-refractivity contribution in [1.29, 1.82) is 0 Å². The van der Waals surface area contributed by atoms with Gasteiger partial charge in [0.25, 0.3) is 5.56 Å². The number of aromatic nitrogens is 2. The van der Waals surface area contributed by atoms with Crippen molar-refractivity contribution in [2.45, 2.75) is 44.2 Å². The molecular formula is C28H28N2O7. The molecule has 192 valence electrons. The van der Waals surface area contributed by atoms with Crippen LogP contribution in [0.3, 0.4) is 0 Å². The van der Waals surface area contributed by atoms with Crippen molar-refractivity contribution in [3.05, 3.63) is 94.7 Å². The van der Waals surface area contributed by atoms with Gasteiger partial charge in [-0.05, 0) is 71.0 Å². The molecule has 4 aromatic rings. The van der Waals surface area contributed by atoms with Crippen LogP contribution in [0.4, 0.5) is 0 Å². The molecule has 1 saturated heterocycles. The Morgan fingerprint density at radius 3 is 2.41 bits per heavy atom. The molecule has 4 N–H and O–H groups in total. The van der Waals surface area contributed by atoms with E-state index in [1.54, 1.807) is 29.2 Å². The second kappa shape index (κ2) is 10.4. The Kier molecular flexibility index (Phi) is 7.05. The van der Waals surface area contributed by atoms with Gasteiger partial charge in [0.15, 0.2) is 0 Å². The second-order valence-electron chi connectivity index (χ2n) is 9.20. The first-order chi connectivity index (χ1) is 17.9. The van der Waals surface area contributed by atoms with Gasteiger partial charge in [0.05, 0.1) is 13.2 Å². The number of aryl methyl sites for hydroxylation is 1. The maximum atomic E-state index is 13.2. The predicted molar refractivity (Wildman–Crippen MR) is 136 cm³/mol. The number of fused-ring (bicyclic) bond motifs is 1. The second-order valence-corrected chi connectivity index (χ2v) is 9.20. The Morgan fingerprint density at radius 2 is 1.68 bits per heavy atom. The minimum absolute atomic E-state index is 0.0875. The molecule has 2 aromatic heterocycles. The molecule has 5 atom stereocenters. The molecule has 0 bridgehead atoms. The fraction of sp³-hybridized carbons (Fsp3) is 0.286. The zero-order chi connectivity index (χ0) is 26.1. The Bertz CT molecular complexity index is 1450. The first kappa shape index (κ1) is 25.1. The van der Waals surface area contributed by atoms with Gasteiger partial charge >= 0.3 is 0 Å². The van der Waals surface area contributed by atoms with Gasteiger partial charge in [0, 0.05) is 24.0 Å². The van der Waals surface area contributed by atoms with E-state index in [9.17, 15) is 25.2 Å². The largest absolute Gasteiger partial charge is 0.462 e. The van der Waals surface area contributed by atoms with Crippen LogP contribution in [0, 0.1) is 6.92 Å². The highest BCUT2D eigenvalue weighted by Gasteiger charge is 2.44. The maximum Gasteiger partial charge on any atom is 0.258 e. The summed E-state index contributed by atoms with van der Waals surface area (Å²) in [6, 6.07) is 16.8. The summed E-state index contributed by atoms with van der Waals surface area (Å²) in [4.78, 5) is 17.2. The lowest BCUT2D eigenvalue weighted by Gasteiger charge is -2.39. The van der Waals surface area contributed by atoms with Gasteiger partial charge in [-0.3, -0.25) is 9.78 Å². The molecule has 1 aliphatic rings. The van der Waals surface area contributed by atoms with E-state index < -0.39 is 37.3 Å². The zero-order valence-corrected chi connectivity index (χ0v) is 20.1. The van der Waals surface area contributed by atoms with Crippen LogP contribution < -0.4 is 10.3 Å². The van der Waals surface area contributed by atoms with Crippen LogP contribution in [0.2, 0.25) is 0 Å². The van der Waals surface area contributed by atoms with Crippen molar-refractivity contribution in [2.75, 3.05) is 6.61 Å². The van der Waals surface area contributed by atoms with Gasteiger partial charge in [-0.15, -0.1) is 0 Å². The molecule has 9 nitrogen and oxygen atoms in total. The van der Waals surface area contributed by atoms with Crippen LogP contribution in [-0.2, 0) is 11.3 Å². The normalized spacial score (nSPS) is 23.8. The van der Waals surface area contributed by atoms with Crippen molar-refractivity contribution in [3.63, 3.8) is 0 Å². The van der Waals surface area contributed by atoms with Crippen LogP contribution in [0.1, 0.15) is 11.1 Å². The third-order valence-electron chi connectivity index (χ3n) is 6.68. The first-order valence-corrected chi connectivity index (χ1v) is 12.0. The molecule has 0 radical (unpaired) electrons. The highest BCUT2D eigenvalue weighted by atomic mass is 16.7. The fourth-order valence-corrected chi connectivity index (χ4v) is 4.52. The minimum atomic E-state index is -1.52. The summed E-state index contributed by atoms with van der Waals surface area (Å²) in [5, 5.41) is 41.1. The molecular weight excluding hydrogens is 476 g/mol. The van der Waals surface area contributed by atoms with Crippen molar-refractivity contribution < 1.29 is 29.9 Å². The van der Waals surface area contributed by atoms with E-state index in [1.165, 1.54) is 0 Å². The summed E-state index contributed by atoms with van der Waals surface area (Å²) < 4.78 is 12.9. The van der Waals surface area contributed by atoms with E-state index in [2.05, 4.69) is 4.98 Å². The van der Waals surface area contributed by atoms with Crippen LogP contribution in [0.15, 0.2) is 78.0 Å². The number of ether oxygens (including phenoxy) is 2. The molecule has 0 saturated carbocycles. The average Bonchev–Trinajstić information content (AvgIpc) is 2.92. The van der Waals surface area contributed by atoms with Crippen molar-refractivity contribution in [2.24, 2.45) is 0 Å². The SMILES string of the molecule is Cc1cc(-c2ccc3ccn(Cc4ccncc4)c(=O)c3c2)ccc1OC1OC(CO)C(O)C(O)C1O. The summed E-state index contributed by atoms with van der Waals surface area (Å²) in [6.07, 6.45) is -1.59. The molecule has 2 aromatic carbocycles. The van der Waals surface area contributed by atoms with E-state index in [4.69, 9.17) is 9.47 Å². The van der Waals surface area contributed by atoms with Crippen LogP contribution in [0.5, 0.6) is 5.75 Å². The standard InChI is InChI=1S/C28H28N2O7/c1-16-12-19(4-5-22(16)36-28-26(34)25(33)24(32)23(15-31)37-28)20-3-2-18-8-11-30(27(35)21(18)13-20)14-17-6-9-29-10-7-17/h2-13,23-26,28,31-34H,14-15H2,1H3. The van der Waals surface area contributed by atoms with E-state index in [0.717, 1.165) is 27.6 Å². The Labute approximate surface area is 212 Å². The number of pyridine rings is 2. The van der Waals surface area contributed by atoms with Crippen molar-refractivity contribution in [1.82, 2.24) is 9.55 Å². The summed E-state index contributed by atoms with van der Waals surface area (Å²) in [5.74, 6) is 0.411. The number of aliphatic hydroxyl groups is 4. The van der Waals surface area contributed by atoms with E-state index in [0.29, 0.717) is 17.7 Å². The number of hydrogen-bond donors (Lipinski definition) is 4. The molecule has 1 fully saturated rings. The van der Waals surface area contributed by atoms with E-state index >= 15 is 0 Å². The summed E-state index contributed by atoms with van der Waals surface area (Å²) in [6.45, 7) is 1.74. The topological polar surface area (TPSA) is 134 Å². The third kappa shape index (κ3) is 5.00. The predicted octanol–water partition coefficient (Wildman–Crippen LogP) is 1.60. The molecule has 1 aliphatic heterocycles. The molecule has 9 heteroatoms. The lowest BCUT2D eigenvalue weighted by molar-refractivity contribution is -0.277. The summed E-state index contributed by atoms with van der Waals surface area (Å²) in [7, 11) is 0. The monoisotopic (exact) mass is 504 g/mol. The van der Waals surface area contributed by atoms with Crippen LogP contribution in [-0.4, -0.2) is 67.3 Å². The lowest BCUT2D eigenvalue weighted by atomic mass is 9.99. The summed E-state index contributed by atoms with van der Waals surface area (Å²) in [5.41, 5.74) is 3.35. The third-order valence-corrected chi connectivity index (χ3v) is 6.68. The quantitative estimate of drug-likeness (QED) is 0.311. The molecule has 5 rings (SSSR count). The fourth-order valence-electron chi connectivity index (χ4n) is 4.52. The molecule has 0 aliphatic carbocycles. The van der Waals surface area contributed by atoms with E-state index in [-0.39, 0.29) is 5.56 Å². The number of nitrogens with zero attached hydrogens (tertiary/aromatic N) is 2.